The molecule has 0 unspecified atom stereocenters. The van der Waals surface area contributed by atoms with E-state index in [1.165, 1.54) is 44.8 Å². The zero-order valence-corrected chi connectivity index (χ0v) is 21.4. The van der Waals surface area contributed by atoms with Gasteiger partial charge < -0.3 is 24.4 Å². The number of halogens is 1. The van der Waals surface area contributed by atoms with Crippen molar-refractivity contribution >= 4 is 28.8 Å². The smallest absolute Gasteiger partial charge is 0.275 e. The molecule has 1 aliphatic heterocycles. The number of benzene rings is 2. The Balaban J connectivity index is 1.40. The predicted octanol–water partition coefficient (Wildman–Crippen LogP) is 4.89. The summed E-state index contributed by atoms with van der Waals surface area (Å²) in [4.78, 5) is 32.1. The summed E-state index contributed by atoms with van der Waals surface area (Å²) in [7, 11) is 4.52. The first-order chi connectivity index (χ1) is 17.4. The van der Waals surface area contributed by atoms with Gasteiger partial charge in [0.1, 0.15) is 11.5 Å². The molecule has 1 fully saturated rings. The zero-order chi connectivity index (χ0) is 25.8. The number of nitrogens with one attached hydrogen (secondary N) is 1. The van der Waals surface area contributed by atoms with Gasteiger partial charge in [0.15, 0.2) is 11.5 Å². The molecular weight excluding hydrogens is 485 g/mol. The van der Waals surface area contributed by atoms with Gasteiger partial charge in [0.05, 0.1) is 37.6 Å². The summed E-state index contributed by atoms with van der Waals surface area (Å²) in [6, 6.07) is 8.01. The molecule has 190 valence electrons. The summed E-state index contributed by atoms with van der Waals surface area (Å²) in [5.41, 5.74) is 1.56. The Bertz CT molecular complexity index is 1270. The highest BCUT2D eigenvalue weighted by Crippen LogP contribution is 2.41. The van der Waals surface area contributed by atoms with Gasteiger partial charge in [0.25, 0.3) is 11.8 Å². The predicted molar refractivity (Wildman–Crippen MR) is 135 cm³/mol. The highest BCUT2D eigenvalue weighted by Gasteiger charge is 2.30. The average molecular weight is 514 g/mol. The lowest BCUT2D eigenvalue weighted by Gasteiger charge is -2.31. The molecule has 0 radical (unpaired) electrons. The molecule has 0 saturated carbocycles. The van der Waals surface area contributed by atoms with Gasteiger partial charge in [-0.2, -0.15) is 0 Å². The summed E-state index contributed by atoms with van der Waals surface area (Å²) in [5, 5.41) is 5.10. The Labute approximate surface area is 213 Å². The van der Waals surface area contributed by atoms with Crippen molar-refractivity contribution in [1.29, 1.82) is 0 Å². The van der Waals surface area contributed by atoms with E-state index in [0.29, 0.717) is 48.7 Å². The minimum Gasteiger partial charge on any atom is -0.493 e. The fourth-order valence-corrected chi connectivity index (χ4v) is 5.23. The molecule has 0 spiro atoms. The topological polar surface area (TPSA) is 90.0 Å². The average Bonchev–Trinajstić information content (AvgIpc) is 3.39. The van der Waals surface area contributed by atoms with Gasteiger partial charge in [-0.15, -0.1) is 11.3 Å². The zero-order valence-electron chi connectivity index (χ0n) is 20.6. The number of rotatable bonds is 7. The molecule has 8 nitrogen and oxygen atoms in total. The van der Waals surface area contributed by atoms with Gasteiger partial charge in [-0.05, 0) is 49.6 Å². The number of methoxy groups -OCH3 is 3. The molecule has 10 heteroatoms. The SMILES string of the molecule is COc1ccc(C(=O)N2CCC(c3nc(C(=O)Nc4ccc(C)cc4F)cs3)CC2)c(OC)c1OC. The molecule has 0 aliphatic carbocycles. The summed E-state index contributed by atoms with van der Waals surface area (Å²) in [6.45, 7) is 2.86. The van der Waals surface area contributed by atoms with E-state index in [0.717, 1.165) is 10.6 Å². The molecule has 0 bridgehead atoms. The van der Waals surface area contributed by atoms with Gasteiger partial charge >= 0.3 is 0 Å². The second kappa shape index (κ2) is 10.9. The van der Waals surface area contributed by atoms with Gasteiger partial charge in [0.2, 0.25) is 5.75 Å². The van der Waals surface area contributed by atoms with E-state index >= 15 is 0 Å². The van der Waals surface area contributed by atoms with E-state index in [9.17, 15) is 14.0 Å². The third-order valence-electron chi connectivity index (χ3n) is 6.19. The van der Waals surface area contributed by atoms with E-state index in [4.69, 9.17) is 14.2 Å². The lowest BCUT2D eigenvalue weighted by Crippen LogP contribution is -2.38. The quantitative estimate of drug-likeness (QED) is 0.484. The summed E-state index contributed by atoms with van der Waals surface area (Å²) < 4.78 is 30.3. The molecule has 0 atom stereocenters. The maximum atomic E-state index is 14.1. The van der Waals surface area contributed by atoms with Gasteiger partial charge in [-0.25, -0.2) is 9.37 Å². The van der Waals surface area contributed by atoms with Crippen molar-refractivity contribution in [3.05, 3.63) is 63.4 Å². The van der Waals surface area contributed by atoms with Crippen molar-refractivity contribution in [2.75, 3.05) is 39.7 Å². The number of piperidine rings is 1. The third kappa shape index (κ3) is 5.13. The van der Waals surface area contributed by atoms with Gasteiger partial charge in [-0.1, -0.05) is 6.07 Å². The van der Waals surface area contributed by atoms with Crippen LogP contribution in [0.15, 0.2) is 35.7 Å². The Morgan fingerprint density at radius 3 is 2.42 bits per heavy atom. The number of nitrogens with zero attached hydrogens (tertiary/aromatic N) is 2. The summed E-state index contributed by atoms with van der Waals surface area (Å²) in [6.07, 6.45) is 1.42. The van der Waals surface area contributed by atoms with E-state index in [-0.39, 0.29) is 23.2 Å². The molecule has 1 saturated heterocycles. The first kappa shape index (κ1) is 25.4. The molecule has 2 amide bonds. The van der Waals surface area contributed by atoms with E-state index in [1.54, 1.807) is 35.4 Å². The lowest BCUT2D eigenvalue weighted by molar-refractivity contribution is 0.0708. The highest BCUT2D eigenvalue weighted by molar-refractivity contribution is 7.10. The van der Waals surface area contributed by atoms with Crippen LogP contribution in [0.5, 0.6) is 17.2 Å². The molecular formula is C26H28FN3O5S. The minimum absolute atomic E-state index is 0.123. The van der Waals surface area contributed by atoms with E-state index in [2.05, 4.69) is 10.3 Å². The van der Waals surface area contributed by atoms with Crippen LogP contribution in [0.25, 0.3) is 0 Å². The summed E-state index contributed by atoms with van der Waals surface area (Å²) in [5.74, 6) is 0.243. The molecule has 1 N–H and O–H groups in total. The summed E-state index contributed by atoms with van der Waals surface area (Å²) >= 11 is 1.40. The van der Waals surface area contributed by atoms with Crippen molar-refractivity contribution < 1.29 is 28.2 Å². The van der Waals surface area contributed by atoms with Gasteiger partial charge in [-0.3, -0.25) is 9.59 Å². The number of likely N-dealkylation sites (tertiary alicyclic amines) is 1. The molecule has 36 heavy (non-hydrogen) atoms. The lowest BCUT2D eigenvalue weighted by atomic mass is 9.97. The van der Waals surface area contributed by atoms with Crippen molar-refractivity contribution in [3.63, 3.8) is 0 Å². The van der Waals surface area contributed by atoms with Crippen LogP contribution < -0.4 is 19.5 Å². The highest BCUT2D eigenvalue weighted by atomic mass is 32.1. The van der Waals surface area contributed by atoms with Crippen LogP contribution in [0.1, 0.15) is 50.2 Å². The number of carbonyl (C=O) groups is 2. The Morgan fingerprint density at radius 2 is 1.78 bits per heavy atom. The number of hydrogen-bond acceptors (Lipinski definition) is 7. The number of anilines is 1. The maximum Gasteiger partial charge on any atom is 0.275 e. The van der Waals surface area contributed by atoms with Crippen molar-refractivity contribution in [2.24, 2.45) is 0 Å². The Kier molecular flexibility index (Phi) is 7.73. The number of hydrogen-bond donors (Lipinski definition) is 1. The maximum absolute atomic E-state index is 14.1. The Morgan fingerprint density at radius 1 is 1.06 bits per heavy atom. The second-order valence-electron chi connectivity index (χ2n) is 8.46. The molecule has 3 aromatic rings. The molecule has 1 aliphatic rings. The fraction of sp³-hybridized carbons (Fsp3) is 0.346. The van der Waals surface area contributed by atoms with Crippen LogP contribution in [-0.4, -0.2) is 56.1 Å². The van der Waals surface area contributed by atoms with Crippen molar-refractivity contribution in [1.82, 2.24) is 9.88 Å². The van der Waals surface area contributed by atoms with Gasteiger partial charge in [0, 0.05) is 24.4 Å². The van der Waals surface area contributed by atoms with E-state index < -0.39 is 11.7 Å². The molecule has 4 rings (SSSR count). The monoisotopic (exact) mass is 513 g/mol. The molecule has 1 aromatic heterocycles. The number of thiazole rings is 1. The van der Waals surface area contributed by atoms with Crippen LogP contribution in [0, 0.1) is 12.7 Å². The van der Waals surface area contributed by atoms with Crippen molar-refractivity contribution in [2.45, 2.75) is 25.7 Å². The van der Waals surface area contributed by atoms with Crippen LogP contribution in [0.3, 0.4) is 0 Å². The molecule has 2 aromatic carbocycles. The normalized spacial score (nSPS) is 13.9. The Hall–Kier alpha value is -3.66. The number of carbonyl (C=O) groups excluding carboxylic acids is 2. The van der Waals surface area contributed by atoms with Crippen LogP contribution >= 0.6 is 11.3 Å². The van der Waals surface area contributed by atoms with E-state index in [1.807, 2.05) is 0 Å². The fourth-order valence-electron chi connectivity index (χ4n) is 4.26. The number of aromatic nitrogens is 1. The standard InChI is InChI=1S/C26H28FN3O5S/c1-15-5-7-19(18(27)13-15)28-24(31)20-14-36-25(29-20)16-9-11-30(12-10-16)26(32)17-6-8-21(33-2)23(35-4)22(17)34-3/h5-8,13-14,16H,9-12H2,1-4H3,(H,28,31). The number of aryl methyl sites for hydroxylation is 1. The van der Waals surface area contributed by atoms with Crippen molar-refractivity contribution in [3.8, 4) is 17.2 Å². The van der Waals surface area contributed by atoms with Crippen LogP contribution in [0.4, 0.5) is 10.1 Å². The van der Waals surface area contributed by atoms with Crippen LogP contribution in [0.2, 0.25) is 0 Å². The first-order valence-electron chi connectivity index (χ1n) is 11.5. The largest absolute Gasteiger partial charge is 0.493 e. The second-order valence-corrected chi connectivity index (χ2v) is 9.35. The van der Waals surface area contributed by atoms with Crippen LogP contribution in [-0.2, 0) is 0 Å². The third-order valence-corrected chi connectivity index (χ3v) is 7.20. The number of amides is 2. The minimum atomic E-state index is -0.484. The number of ether oxygens (including phenoxy) is 3. The first-order valence-corrected chi connectivity index (χ1v) is 12.3. The molecule has 2 heterocycles.